The lowest BCUT2D eigenvalue weighted by molar-refractivity contribution is -0.141. The minimum Gasteiger partial charge on any atom is -0.481 e. The highest BCUT2D eigenvalue weighted by Gasteiger charge is 2.33. The van der Waals surface area contributed by atoms with Crippen molar-refractivity contribution in [2.75, 3.05) is 13.1 Å². The zero-order chi connectivity index (χ0) is 15.0. The van der Waals surface area contributed by atoms with E-state index in [0.29, 0.717) is 25.3 Å². The summed E-state index contributed by atoms with van der Waals surface area (Å²) in [5.74, 6) is -1.12. The van der Waals surface area contributed by atoms with E-state index < -0.39 is 17.8 Å². The average Bonchev–Trinajstić information content (AvgIpc) is 3.12. The number of carboxylic acid groups (broad SMARTS) is 1. The van der Waals surface area contributed by atoms with Gasteiger partial charge in [0.05, 0.1) is 11.8 Å². The van der Waals surface area contributed by atoms with Crippen LogP contribution < -0.4 is 0 Å². The van der Waals surface area contributed by atoms with Crippen LogP contribution in [0.5, 0.6) is 0 Å². The van der Waals surface area contributed by atoms with Crippen molar-refractivity contribution in [3.8, 4) is 0 Å². The summed E-state index contributed by atoms with van der Waals surface area (Å²) in [5, 5.41) is 9.98. The predicted molar refractivity (Wildman–Crippen MR) is 77.0 cm³/mol. The molecule has 2 aromatic rings. The Bertz CT molecular complexity index is 657. The molecule has 1 aromatic carbocycles. The average molecular weight is 287 g/mol. The van der Waals surface area contributed by atoms with Crippen molar-refractivity contribution in [1.29, 1.82) is 0 Å². The van der Waals surface area contributed by atoms with Gasteiger partial charge in [0.1, 0.15) is 11.3 Å². The maximum atomic E-state index is 12.5. The molecule has 2 heterocycles. The fourth-order valence-corrected chi connectivity index (χ4v) is 2.77. The van der Waals surface area contributed by atoms with Gasteiger partial charge in [-0.2, -0.15) is 0 Å². The zero-order valence-electron chi connectivity index (χ0n) is 11.8. The molecular weight excluding hydrogens is 270 g/mol. The SMILES string of the molecule is C[C@H](C(=O)N1CC[C@@H](C(=O)O)C1)c1cc2ccccc2o1. The smallest absolute Gasteiger partial charge is 0.308 e. The number of furan rings is 1. The predicted octanol–water partition coefficient (Wildman–Crippen LogP) is 2.47. The van der Waals surface area contributed by atoms with Crippen LogP contribution in [-0.2, 0) is 9.59 Å². The number of nitrogens with zero attached hydrogens (tertiary/aromatic N) is 1. The molecule has 1 aliphatic heterocycles. The van der Waals surface area contributed by atoms with Gasteiger partial charge in [0, 0.05) is 18.5 Å². The third-order valence-corrected chi connectivity index (χ3v) is 4.09. The number of carboxylic acids is 1. The van der Waals surface area contributed by atoms with E-state index in [1.54, 1.807) is 11.8 Å². The minimum atomic E-state index is -0.832. The summed E-state index contributed by atoms with van der Waals surface area (Å²) >= 11 is 0. The van der Waals surface area contributed by atoms with E-state index in [2.05, 4.69) is 0 Å². The Hall–Kier alpha value is -2.30. The molecule has 1 fully saturated rings. The number of hydrogen-bond acceptors (Lipinski definition) is 3. The van der Waals surface area contributed by atoms with Crippen molar-refractivity contribution in [2.45, 2.75) is 19.3 Å². The number of fused-ring (bicyclic) bond motifs is 1. The van der Waals surface area contributed by atoms with E-state index in [1.165, 1.54) is 0 Å². The number of aliphatic carboxylic acids is 1. The Morgan fingerprint density at radius 1 is 1.38 bits per heavy atom. The molecule has 0 aliphatic carbocycles. The van der Waals surface area contributed by atoms with Crippen molar-refractivity contribution in [1.82, 2.24) is 4.90 Å². The monoisotopic (exact) mass is 287 g/mol. The maximum Gasteiger partial charge on any atom is 0.308 e. The number of likely N-dealkylation sites (tertiary alicyclic amines) is 1. The summed E-state index contributed by atoms with van der Waals surface area (Å²) < 4.78 is 5.72. The lowest BCUT2D eigenvalue weighted by Gasteiger charge is -2.19. The molecule has 2 atom stereocenters. The van der Waals surface area contributed by atoms with Crippen molar-refractivity contribution in [3.63, 3.8) is 0 Å². The molecule has 5 nitrogen and oxygen atoms in total. The second-order valence-corrected chi connectivity index (χ2v) is 5.52. The van der Waals surface area contributed by atoms with Gasteiger partial charge < -0.3 is 14.4 Å². The van der Waals surface area contributed by atoms with E-state index >= 15 is 0 Å². The summed E-state index contributed by atoms with van der Waals surface area (Å²) in [4.78, 5) is 25.1. The molecule has 0 bridgehead atoms. The molecule has 110 valence electrons. The van der Waals surface area contributed by atoms with Gasteiger partial charge in [0.2, 0.25) is 5.91 Å². The Morgan fingerprint density at radius 2 is 2.14 bits per heavy atom. The van der Waals surface area contributed by atoms with Crippen LogP contribution in [0.25, 0.3) is 11.0 Å². The van der Waals surface area contributed by atoms with E-state index in [-0.39, 0.29) is 5.91 Å². The van der Waals surface area contributed by atoms with Crippen LogP contribution in [0, 0.1) is 5.92 Å². The molecule has 1 amide bonds. The lowest BCUT2D eigenvalue weighted by atomic mass is 10.1. The normalized spacial score (nSPS) is 19.9. The number of para-hydroxylation sites is 1. The van der Waals surface area contributed by atoms with Gasteiger partial charge in [-0.1, -0.05) is 18.2 Å². The van der Waals surface area contributed by atoms with Gasteiger partial charge in [0.25, 0.3) is 0 Å². The first kappa shape index (κ1) is 13.7. The van der Waals surface area contributed by atoms with Crippen LogP contribution >= 0.6 is 0 Å². The van der Waals surface area contributed by atoms with Crippen LogP contribution in [-0.4, -0.2) is 35.0 Å². The first-order valence-corrected chi connectivity index (χ1v) is 7.06. The molecule has 1 aromatic heterocycles. The molecule has 0 saturated carbocycles. The van der Waals surface area contributed by atoms with Gasteiger partial charge >= 0.3 is 5.97 Å². The first-order chi connectivity index (χ1) is 10.1. The summed E-state index contributed by atoms with van der Waals surface area (Å²) in [5.41, 5.74) is 0.761. The Kier molecular flexibility index (Phi) is 3.41. The summed E-state index contributed by atoms with van der Waals surface area (Å²) in [7, 11) is 0. The highest BCUT2D eigenvalue weighted by atomic mass is 16.4. The van der Waals surface area contributed by atoms with Gasteiger partial charge in [-0.25, -0.2) is 0 Å². The van der Waals surface area contributed by atoms with Crippen molar-refractivity contribution >= 4 is 22.8 Å². The van der Waals surface area contributed by atoms with Crippen LogP contribution in [0.3, 0.4) is 0 Å². The highest BCUT2D eigenvalue weighted by Crippen LogP contribution is 2.28. The molecular formula is C16H17NO4. The zero-order valence-corrected chi connectivity index (χ0v) is 11.8. The van der Waals surface area contributed by atoms with Gasteiger partial charge in [-0.05, 0) is 25.5 Å². The fraction of sp³-hybridized carbons (Fsp3) is 0.375. The largest absolute Gasteiger partial charge is 0.481 e. The summed E-state index contributed by atoms with van der Waals surface area (Å²) in [6, 6.07) is 9.50. The number of rotatable bonds is 3. The standard InChI is InChI=1S/C16H17NO4/c1-10(14-8-11-4-2-3-5-13(11)21-14)15(18)17-7-6-12(9-17)16(19)20/h2-5,8,10,12H,6-7,9H2,1H3,(H,19,20)/t10-,12+/m0/s1. The quantitative estimate of drug-likeness (QED) is 0.941. The van der Waals surface area contributed by atoms with Crippen LogP contribution in [0.4, 0.5) is 0 Å². The molecule has 0 unspecified atom stereocenters. The minimum absolute atomic E-state index is 0.0715. The first-order valence-electron chi connectivity index (χ1n) is 7.06. The van der Waals surface area contributed by atoms with Gasteiger partial charge in [-0.15, -0.1) is 0 Å². The van der Waals surface area contributed by atoms with Crippen molar-refractivity contribution in [2.24, 2.45) is 5.92 Å². The molecule has 3 rings (SSSR count). The Morgan fingerprint density at radius 3 is 2.81 bits per heavy atom. The molecule has 0 spiro atoms. The van der Waals surface area contributed by atoms with Crippen LogP contribution in [0.15, 0.2) is 34.7 Å². The lowest BCUT2D eigenvalue weighted by Crippen LogP contribution is -2.33. The number of benzene rings is 1. The highest BCUT2D eigenvalue weighted by molar-refractivity contribution is 5.86. The Balaban J connectivity index is 1.77. The van der Waals surface area contributed by atoms with Crippen molar-refractivity contribution < 1.29 is 19.1 Å². The van der Waals surface area contributed by atoms with Crippen LogP contribution in [0.2, 0.25) is 0 Å². The van der Waals surface area contributed by atoms with Gasteiger partial charge in [-0.3, -0.25) is 9.59 Å². The molecule has 0 radical (unpaired) electrons. The number of carbonyl (C=O) groups is 2. The van der Waals surface area contributed by atoms with E-state index in [1.807, 2.05) is 30.3 Å². The summed E-state index contributed by atoms with van der Waals surface area (Å²) in [6.45, 7) is 2.59. The molecule has 1 aliphatic rings. The summed E-state index contributed by atoms with van der Waals surface area (Å²) in [6.07, 6.45) is 0.522. The second kappa shape index (κ2) is 5.24. The number of hydrogen-bond donors (Lipinski definition) is 1. The third-order valence-electron chi connectivity index (χ3n) is 4.09. The maximum absolute atomic E-state index is 12.5. The molecule has 21 heavy (non-hydrogen) atoms. The van der Waals surface area contributed by atoms with Crippen LogP contribution in [0.1, 0.15) is 25.0 Å². The molecule has 1 saturated heterocycles. The number of amides is 1. The molecule has 5 heteroatoms. The Labute approximate surface area is 122 Å². The van der Waals surface area contributed by atoms with Gasteiger partial charge in [0.15, 0.2) is 0 Å². The second-order valence-electron chi connectivity index (χ2n) is 5.52. The fourth-order valence-electron chi connectivity index (χ4n) is 2.77. The van der Waals surface area contributed by atoms with Crippen molar-refractivity contribution in [3.05, 3.63) is 36.1 Å². The van der Waals surface area contributed by atoms with E-state index in [4.69, 9.17) is 9.52 Å². The van der Waals surface area contributed by atoms with E-state index in [0.717, 1.165) is 11.0 Å². The third kappa shape index (κ3) is 2.51. The topological polar surface area (TPSA) is 70.8 Å². The number of carbonyl (C=O) groups excluding carboxylic acids is 1. The van der Waals surface area contributed by atoms with E-state index in [9.17, 15) is 9.59 Å². The molecule has 1 N–H and O–H groups in total.